The summed E-state index contributed by atoms with van der Waals surface area (Å²) in [6.07, 6.45) is -0.778. The van der Waals surface area contributed by atoms with Gasteiger partial charge in [-0.3, -0.25) is 10.5 Å². The van der Waals surface area contributed by atoms with E-state index in [0.717, 1.165) is 0 Å². The molecular weight excluding hydrogens is 132 g/mol. The Labute approximate surface area is 59.9 Å². The fourth-order valence-corrected chi connectivity index (χ4v) is 0.896. The molecule has 1 unspecified atom stereocenters. The molecule has 0 spiro atoms. The highest BCUT2D eigenvalue weighted by Crippen LogP contribution is 2.22. The zero-order chi connectivity index (χ0) is 7.94. The van der Waals surface area contributed by atoms with Crippen LogP contribution in [0.4, 0.5) is 0 Å². The predicted octanol–water partition coefficient (Wildman–Crippen LogP) is -0.504. The molecule has 2 N–H and O–H groups in total. The number of hydrogen-bond donors (Lipinski definition) is 1. The summed E-state index contributed by atoms with van der Waals surface area (Å²) < 4.78 is 5.13. The van der Waals surface area contributed by atoms with Gasteiger partial charge in [-0.1, -0.05) is 0 Å². The first-order valence-electron chi connectivity index (χ1n) is 3.16. The second-order valence-electron chi connectivity index (χ2n) is 2.88. The van der Waals surface area contributed by atoms with Crippen LogP contribution in [0.3, 0.4) is 0 Å². The van der Waals surface area contributed by atoms with Gasteiger partial charge in [0.25, 0.3) is 5.91 Å². The maximum Gasteiger partial charge on any atom is 0.268 e. The van der Waals surface area contributed by atoms with Gasteiger partial charge >= 0.3 is 0 Å². The number of carbonyl (C=O) groups is 1. The van der Waals surface area contributed by atoms with E-state index in [4.69, 9.17) is 10.5 Å². The van der Waals surface area contributed by atoms with Crippen LogP contribution in [-0.4, -0.2) is 29.8 Å². The summed E-state index contributed by atoms with van der Waals surface area (Å²) >= 11 is 0. The molecule has 1 aliphatic heterocycles. The molecule has 0 radical (unpaired) electrons. The van der Waals surface area contributed by atoms with E-state index in [1.807, 2.05) is 0 Å². The molecule has 58 valence electrons. The molecule has 1 atom stereocenters. The Bertz CT molecular complexity index is 167. The highest BCUT2D eigenvalue weighted by atomic mass is 16.6. The van der Waals surface area contributed by atoms with Gasteiger partial charge in [-0.05, 0) is 13.8 Å². The Kier molecular flexibility index (Phi) is 1.45. The van der Waals surface area contributed by atoms with Gasteiger partial charge in [0.2, 0.25) is 0 Å². The molecule has 4 nitrogen and oxygen atoms in total. The zero-order valence-electron chi connectivity index (χ0n) is 6.42. The van der Waals surface area contributed by atoms with Crippen LogP contribution in [0, 0.1) is 0 Å². The van der Waals surface area contributed by atoms with Gasteiger partial charge in [-0.2, -0.15) is 0 Å². The third kappa shape index (κ3) is 0.892. The Balaban J connectivity index is 2.81. The smallest absolute Gasteiger partial charge is 0.268 e. The molecule has 1 fully saturated rings. The Morgan fingerprint density at radius 1 is 1.70 bits per heavy atom. The van der Waals surface area contributed by atoms with Gasteiger partial charge in [0.15, 0.2) is 6.23 Å². The van der Waals surface area contributed by atoms with Crippen LogP contribution in [0.15, 0.2) is 0 Å². The fraction of sp³-hybridized carbons (Fsp3) is 0.833. The summed E-state index contributed by atoms with van der Waals surface area (Å²) in [5.74, 6) is -0.162. The van der Waals surface area contributed by atoms with E-state index >= 15 is 0 Å². The molecule has 1 saturated heterocycles. The number of carbonyl (C=O) groups excluding carboxylic acids is 1. The summed E-state index contributed by atoms with van der Waals surface area (Å²) in [6.45, 7) is 3.61. The topological polar surface area (TPSA) is 55.6 Å². The zero-order valence-corrected chi connectivity index (χ0v) is 6.42. The first-order chi connectivity index (χ1) is 4.45. The van der Waals surface area contributed by atoms with Gasteiger partial charge < -0.3 is 9.64 Å². The van der Waals surface area contributed by atoms with Crippen LogP contribution in [0.2, 0.25) is 0 Å². The average Bonchev–Trinajstić information content (AvgIpc) is 1.95. The number of nitrogens with zero attached hydrogens (tertiary/aromatic N) is 1. The van der Waals surface area contributed by atoms with E-state index in [1.165, 1.54) is 4.90 Å². The van der Waals surface area contributed by atoms with E-state index in [0.29, 0.717) is 0 Å². The maximum atomic E-state index is 11.0. The number of hydrogen-bond acceptors (Lipinski definition) is 3. The lowest BCUT2D eigenvalue weighted by molar-refractivity contribution is -0.129. The second-order valence-corrected chi connectivity index (χ2v) is 2.88. The van der Waals surface area contributed by atoms with Crippen LogP contribution in [-0.2, 0) is 9.53 Å². The Morgan fingerprint density at radius 3 is 2.30 bits per heavy atom. The number of nitrogens with two attached hydrogens (primary N) is 1. The third-order valence-electron chi connectivity index (χ3n) is 1.80. The van der Waals surface area contributed by atoms with E-state index in [2.05, 4.69) is 0 Å². The molecule has 1 rings (SSSR count). The van der Waals surface area contributed by atoms with E-state index in [-0.39, 0.29) is 5.91 Å². The van der Waals surface area contributed by atoms with E-state index < -0.39 is 12.0 Å². The van der Waals surface area contributed by atoms with Crippen molar-refractivity contribution in [3.8, 4) is 0 Å². The van der Waals surface area contributed by atoms with Gasteiger partial charge in [-0.25, -0.2) is 0 Å². The van der Waals surface area contributed by atoms with Gasteiger partial charge in [-0.15, -0.1) is 0 Å². The first kappa shape index (κ1) is 7.50. The molecule has 0 aliphatic carbocycles. The lowest BCUT2D eigenvalue weighted by atomic mass is 10.3. The van der Waals surface area contributed by atoms with Crippen molar-refractivity contribution < 1.29 is 9.53 Å². The van der Waals surface area contributed by atoms with Crippen molar-refractivity contribution in [2.75, 3.05) is 7.05 Å². The molecule has 1 amide bonds. The highest BCUT2D eigenvalue weighted by Gasteiger charge is 2.41. The van der Waals surface area contributed by atoms with Crippen molar-refractivity contribution in [1.29, 1.82) is 0 Å². The normalized spacial score (nSPS) is 31.4. The summed E-state index contributed by atoms with van der Waals surface area (Å²) in [4.78, 5) is 12.5. The first-order valence-corrected chi connectivity index (χ1v) is 3.16. The van der Waals surface area contributed by atoms with Crippen molar-refractivity contribution >= 4 is 5.91 Å². The lowest BCUT2D eigenvalue weighted by Gasteiger charge is -2.25. The molecule has 1 heterocycles. The minimum absolute atomic E-state index is 0.162. The van der Waals surface area contributed by atoms with E-state index in [1.54, 1.807) is 20.9 Å². The number of ether oxygens (including phenoxy) is 1. The van der Waals surface area contributed by atoms with Crippen molar-refractivity contribution in [2.45, 2.75) is 25.8 Å². The third-order valence-corrected chi connectivity index (χ3v) is 1.80. The SMILES string of the molecule is CN1C(=O)C(N)OC1(C)C. The molecule has 0 saturated carbocycles. The van der Waals surface area contributed by atoms with Crippen molar-refractivity contribution in [3.05, 3.63) is 0 Å². The summed E-state index contributed by atoms with van der Waals surface area (Å²) in [7, 11) is 1.68. The minimum Gasteiger partial charge on any atom is -0.329 e. The average molecular weight is 144 g/mol. The Hall–Kier alpha value is -0.610. The molecule has 0 aromatic carbocycles. The van der Waals surface area contributed by atoms with Crippen molar-refractivity contribution in [3.63, 3.8) is 0 Å². The molecule has 0 aromatic rings. The highest BCUT2D eigenvalue weighted by molar-refractivity contribution is 5.82. The van der Waals surface area contributed by atoms with Crippen LogP contribution in [0.1, 0.15) is 13.8 Å². The summed E-state index contributed by atoms with van der Waals surface area (Å²) in [6, 6.07) is 0. The largest absolute Gasteiger partial charge is 0.329 e. The standard InChI is InChI=1S/C6H12N2O2/c1-6(2)8(3)5(9)4(7)10-6/h4H,7H2,1-3H3. The fourth-order valence-electron chi connectivity index (χ4n) is 0.896. The van der Waals surface area contributed by atoms with Gasteiger partial charge in [0.1, 0.15) is 5.72 Å². The van der Waals surface area contributed by atoms with Crippen molar-refractivity contribution in [2.24, 2.45) is 5.73 Å². The van der Waals surface area contributed by atoms with Crippen LogP contribution in [0.5, 0.6) is 0 Å². The molecule has 0 aromatic heterocycles. The predicted molar refractivity (Wildman–Crippen MR) is 35.9 cm³/mol. The maximum absolute atomic E-state index is 11.0. The molecular formula is C6H12N2O2. The Morgan fingerprint density at radius 2 is 2.20 bits per heavy atom. The van der Waals surface area contributed by atoms with Crippen LogP contribution < -0.4 is 5.73 Å². The molecule has 10 heavy (non-hydrogen) atoms. The number of amides is 1. The molecule has 4 heteroatoms. The van der Waals surface area contributed by atoms with Gasteiger partial charge in [0.05, 0.1) is 0 Å². The van der Waals surface area contributed by atoms with Crippen molar-refractivity contribution in [1.82, 2.24) is 4.90 Å². The van der Waals surface area contributed by atoms with Crippen LogP contribution >= 0.6 is 0 Å². The van der Waals surface area contributed by atoms with Crippen LogP contribution in [0.25, 0.3) is 0 Å². The summed E-state index contributed by atoms with van der Waals surface area (Å²) in [5.41, 5.74) is 4.79. The van der Waals surface area contributed by atoms with E-state index in [9.17, 15) is 4.79 Å². The monoisotopic (exact) mass is 144 g/mol. The molecule has 1 aliphatic rings. The second kappa shape index (κ2) is 1.93. The number of rotatable bonds is 0. The lowest BCUT2D eigenvalue weighted by Crippen LogP contribution is -2.38. The minimum atomic E-state index is -0.778. The summed E-state index contributed by atoms with van der Waals surface area (Å²) in [5, 5.41) is 0. The molecule has 0 bridgehead atoms. The van der Waals surface area contributed by atoms with Gasteiger partial charge in [0, 0.05) is 7.05 Å². The quantitative estimate of drug-likeness (QED) is 0.498. The number of likely N-dealkylation sites (N-methyl/N-ethyl adjacent to an activating group) is 1.